The van der Waals surface area contributed by atoms with E-state index in [-0.39, 0.29) is 18.3 Å². The summed E-state index contributed by atoms with van der Waals surface area (Å²) in [7, 11) is 0. The number of halogens is 1. The van der Waals surface area contributed by atoms with E-state index in [1.54, 1.807) is 36.4 Å². The van der Waals surface area contributed by atoms with E-state index in [2.05, 4.69) is 20.9 Å². The average Bonchev–Trinajstić information content (AvgIpc) is 3.16. The van der Waals surface area contributed by atoms with E-state index in [4.69, 9.17) is 0 Å². The molecule has 1 heterocycles. The Morgan fingerprint density at radius 1 is 1.00 bits per heavy atom. The van der Waals surface area contributed by atoms with Gasteiger partial charge in [-0.3, -0.25) is 14.4 Å². The summed E-state index contributed by atoms with van der Waals surface area (Å²) in [4.78, 5) is 39.6. The normalized spacial score (nSPS) is 10.3. The van der Waals surface area contributed by atoms with Crippen LogP contribution in [0.1, 0.15) is 12.6 Å². The highest BCUT2D eigenvalue weighted by atomic mass is 32.1. The third kappa shape index (κ3) is 5.95. The van der Waals surface area contributed by atoms with Crippen LogP contribution in [0.5, 0.6) is 0 Å². The molecule has 0 bridgehead atoms. The van der Waals surface area contributed by atoms with Crippen LogP contribution in [0.15, 0.2) is 53.9 Å². The summed E-state index contributed by atoms with van der Waals surface area (Å²) in [6.07, 6.45) is 0.433. The number of rotatable bonds is 6. The van der Waals surface area contributed by atoms with Crippen LogP contribution in [0.25, 0.3) is 10.6 Å². The third-order valence-electron chi connectivity index (χ3n) is 3.94. The van der Waals surface area contributed by atoms with Crippen LogP contribution in [-0.2, 0) is 20.8 Å². The molecule has 3 rings (SSSR count). The maximum atomic E-state index is 13.3. The molecule has 0 aliphatic heterocycles. The number of carbonyl (C=O) groups is 3. The topological polar surface area (TPSA) is 100 Å². The van der Waals surface area contributed by atoms with Gasteiger partial charge in [0.1, 0.15) is 10.8 Å². The van der Waals surface area contributed by atoms with Gasteiger partial charge < -0.3 is 16.0 Å². The van der Waals surface area contributed by atoms with Gasteiger partial charge in [0.25, 0.3) is 0 Å². The first-order valence-electron chi connectivity index (χ1n) is 9.08. The van der Waals surface area contributed by atoms with Crippen molar-refractivity contribution in [1.29, 1.82) is 0 Å². The van der Waals surface area contributed by atoms with Gasteiger partial charge in [0.2, 0.25) is 5.91 Å². The van der Waals surface area contributed by atoms with E-state index < -0.39 is 11.8 Å². The Labute approximate surface area is 176 Å². The number of benzene rings is 2. The predicted molar refractivity (Wildman–Crippen MR) is 114 cm³/mol. The molecule has 3 N–H and O–H groups in total. The zero-order valence-electron chi connectivity index (χ0n) is 16.1. The van der Waals surface area contributed by atoms with Gasteiger partial charge >= 0.3 is 11.8 Å². The Morgan fingerprint density at radius 2 is 1.73 bits per heavy atom. The molecule has 7 nitrogen and oxygen atoms in total. The summed E-state index contributed by atoms with van der Waals surface area (Å²) in [6.45, 7) is 1.60. The summed E-state index contributed by atoms with van der Waals surface area (Å²) in [5.74, 6) is -2.15. The minimum absolute atomic E-state index is 0.227. The first-order chi connectivity index (χ1) is 14.4. The number of nitrogens with zero attached hydrogens (tertiary/aromatic N) is 1. The smallest absolute Gasteiger partial charge is 0.313 e. The number of hydrogen-bond donors (Lipinski definition) is 3. The number of anilines is 2. The zero-order valence-corrected chi connectivity index (χ0v) is 16.9. The molecule has 1 aromatic heterocycles. The molecule has 2 aromatic carbocycles. The van der Waals surface area contributed by atoms with Gasteiger partial charge in [0.05, 0.1) is 5.69 Å². The Hall–Kier alpha value is -3.59. The summed E-state index contributed by atoms with van der Waals surface area (Å²) in [5.41, 5.74) is 2.33. The van der Waals surface area contributed by atoms with Crippen molar-refractivity contribution < 1.29 is 18.8 Å². The van der Waals surface area contributed by atoms with Crippen LogP contribution >= 0.6 is 11.3 Å². The highest BCUT2D eigenvalue weighted by molar-refractivity contribution is 7.13. The Balaban J connectivity index is 1.49. The summed E-state index contributed by atoms with van der Waals surface area (Å²) >= 11 is 1.38. The van der Waals surface area contributed by atoms with Crippen molar-refractivity contribution in [3.05, 3.63) is 65.4 Å². The minimum atomic E-state index is -0.811. The molecule has 9 heteroatoms. The second-order valence-electron chi connectivity index (χ2n) is 6.38. The molecular weight excluding hydrogens is 407 g/mol. The molecule has 0 atom stereocenters. The number of amides is 3. The van der Waals surface area contributed by atoms with E-state index in [9.17, 15) is 18.8 Å². The second kappa shape index (κ2) is 9.75. The largest absolute Gasteiger partial charge is 0.347 e. The maximum absolute atomic E-state index is 13.3. The van der Waals surface area contributed by atoms with Gasteiger partial charge in [0, 0.05) is 42.2 Å². The molecule has 154 valence electrons. The molecule has 0 aliphatic rings. The van der Waals surface area contributed by atoms with Gasteiger partial charge in [-0.05, 0) is 30.3 Å². The highest BCUT2D eigenvalue weighted by Gasteiger charge is 2.14. The molecule has 0 aliphatic carbocycles. The zero-order chi connectivity index (χ0) is 21.5. The van der Waals surface area contributed by atoms with Crippen molar-refractivity contribution in [1.82, 2.24) is 10.3 Å². The molecule has 3 amide bonds. The summed E-state index contributed by atoms with van der Waals surface area (Å²) < 4.78 is 13.3. The van der Waals surface area contributed by atoms with Crippen LogP contribution in [0.3, 0.4) is 0 Å². The summed E-state index contributed by atoms with van der Waals surface area (Å²) in [6, 6.07) is 12.7. The second-order valence-corrected chi connectivity index (χ2v) is 7.23. The molecule has 0 radical (unpaired) electrons. The Kier molecular flexibility index (Phi) is 6.87. The standard InChI is InChI=1S/C21H19FN4O3S/c1-13(27)24-16-6-3-7-17(11-16)25-20(29)19(28)23-9-8-18-12-30-21(26-18)14-4-2-5-15(22)10-14/h2-7,10-12H,8-9H2,1H3,(H,23,28)(H,24,27)(H,25,29). The van der Waals surface area contributed by atoms with Gasteiger partial charge in [0.15, 0.2) is 0 Å². The van der Waals surface area contributed by atoms with Crippen molar-refractivity contribution in [2.75, 3.05) is 17.2 Å². The van der Waals surface area contributed by atoms with Gasteiger partial charge in [-0.25, -0.2) is 9.37 Å². The highest BCUT2D eigenvalue weighted by Crippen LogP contribution is 2.24. The van der Waals surface area contributed by atoms with E-state index in [1.807, 2.05) is 5.38 Å². The van der Waals surface area contributed by atoms with Crippen LogP contribution in [0, 0.1) is 5.82 Å². The SMILES string of the molecule is CC(=O)Nc1cccc(NC(=O)C(=O)NCCc2csc(-c3cccc(F)c3)n2)c1. The molecular formula is C21H19FN4O3S. The fourth-order valence-electron chi connectivity index (χ4n) is 2.63. The molecule has 30 heavy (non-hydrogen) atoms. The van der Waals surface area contributed by atoms with Crippen LogP contribution in [0.4, 0.5) is 15.8 Å². The molecule has 0 fully saturated rings. The van der Waals surface area contributed by atoms with E-state index in [0.717, 1.165) is 5.69 Å². The lowest BCUT2D eigenvalue weighted by molar-refractivity contribution is -0.136. The number of aromatic nitrogens is 1. The molecule has 0 unspecified atom stereocenters. The first-order valence-corrected chi connectivity index (χ1v) is 9.96. The van der Waals surface area contributed by atoms with Crippen molar-refractivity contribution in [2.24, 2.45) is 0 Å². The molecule has 0 saturated carbocycles. The van der Waals surface area contributed by atoms with Crippen molar-refractivity contribution >= 4 is 40.4 Å². The lowest BCUT2D eigenvalue weighted by atomic mass is 10.2. The monoisotopic (exact) mass is 426 g/mol. The fourth-order valence-corrected chi connectivity index (χ4v) is 3.48. The van der Waals surface area contributed by atoms with E-state index in [0.29, 0.717) is 28.4 Å². The Bertz CT molecular complexity index is 1080. The van der Waals surface area contributed by atoms with E-state index >= 15 is 0 Å². The van der Waals surface area contributed by atoms with Crippen LogP contribution in [0.2, 0.25) is 0 Å². The number of thiazole rings is 1. The Morgan fingerprint density at radius 3 is 2.47 bits per heavy atom. The van der Waals surface area contributed by atoms with Gasteiger partial charge in [-0.1, -0.05) is 18.2 Å². The van der Waals surface area contributed by atoms with Gasteiger partial charge in [-0.2, -0.15) is 0 Å². The van der Waals surface area contributed by atoms with Crippen LogP contribution < -0.4 is 16.0 Å². The lowest BCUT2D eigenvalue weighted by Gasteiger charge is -2.08. The molecule has 3 aromatic rings. The first kappa shape index (κ1) is 21.1. The predicted octanol–water partition coefficient (Wildman–Crippen LogP) is 3.21. The van der Waals surface area contributed by atoms with Gasteiger partial charge in [-0.15, -0.1) is 11.3 Å². The third-order valence-corrected chi connectivity index (χ3v) is 4.88. The maximum Gasteiger partial charge on any atom is 0.313 e. The van der Waals surface area contributed by atoms with Crippen LogP contribution in [-0.4, -0.2) is 29.3 Å². The molecule has 0 saturated heterocycles. The molecule has 0 spiro atoms. The number of nitrogens with one attached hydrogen (secondary N) is 3. The average molecular weight is 426 g/mol. The van der Waals surface area contributed by atoms with Crippen molar-refractivity contribution in [3.63, 3.8) is 0 Å². The van der Waals surface area contributed by atoms with Crippen molar-refractivity contribution in [3.8, 4) is 10.6 Å². The summed E-state index contributed by atoms with van der Waals surface area (Å²) in [5, 5.41) is 10.1. The van der Waals surface area contributed by atoms with E-state index in [1.165, 1.54) is 30.4 Å². The minimum Gasteiger partial charge on any atom is -0.347 e. The fraction of sp³-hybridized carbons (Fsp3) is 0.143. The number of hydrogen-bond acceptors (Lipinski definition) is 5. The van der Waals surface area contributed by atoms with Crippen molar-refractivity contribution in [2.45, 2.75) is 13.3 Å². The quantitative estimate of drug-likeness (QED) is 0.527. The lowest BCUT2D eigenvalue weighted by Crippen LogP contribution is -2.36. The number of carbonyl (C=O) groups excluding carboxylic acids is 3.